The highest BCUT2D eigenvalue weighted by atomic mass is 32.1. The summed E-state index contributed by atoms with van der Waals surface area (Å²) in [5, 5.41) is 1.13. The zero-order valence-corrected chi connectivity index (χ0v) is 12.1. The van der Waals surface area contributed by atoms with E-state index in [1.165, 1.54) is 24.1 Å². The Bertz CT molecular complexity index is 590. The number of thiophene rings is 1. The van der Waals surface area contributed by atoms with Crippen LogP contribution in [0.5, 0.6) is 0 Å². The molecule has 0 atom stereocenters. The van der Waals surface area contributed by atoms with E-state index in [4.69, 9.17) is 5.84 Å². The summed E-state index contributed by atoms with van der Waals surface area (Å²) in [5.41, 5.74) is 2.56. The molecule has 0 bridgehead atoms. The Hall–Kier alpha value is -1.40. The Balaban J connectivity index is 1.98. The molecular formula is C13H19N5S. The number of aromatic nitrogens is 2. The van der Waals surface area contributed by atoms with E-state index >= 15 is 0 Å². The molecule has 5 nitrogen and oxygen atoms in total. The van der Waals surface area contributed by atoms with Crippen molar-refractivity contribution in [2.45, 2.75) is 26.2 Å². The summed E-state index contributed by atoms with van der Waals surface area (Å²) in [7, 11) is 2.10. The van der Waals surface area contributed by atoms with Crippen molar-refractivity contribution in [3.63, 3.8) is 0 Å². The van der Waals surface area contributed by atoms with E-state index in [1.807, 2.05) is 0 Å². The quantitative estimate of drug-likeness (QED) is 0.664. The maximum Gasteiger partial charge on any atom is 0.240 e. The Morgan fingerprint density at radius 2 is 2.26 bits per heavy atom. The molecule has 0 radical (unpaired) electrons. The van der Waals surface area contributed by atoms with Gasteiger partial charge in [-0.05, 0) is 31.7 Å². The second-order valence-electron chi connectivity index (χ2n) is 5.27. The average Bonchev–Trinajstić information content (AvgIpc) is 2.72. The van der Waals surface area contributed by atoms with Gasteiger partial charge in [0, 0.05) is 18.5 Å². The molecule has 2 aromatic rings. The van der Waals surface area contributed by atoms with Crippen LogP contribution in [-0.2, 0) is 0 Å². The van der Waals surface area contributed by atoms with Crippen LogP contribution in [0, 0.1) is 12.8 Å². The molecule has 0 spiro atoms. The standard InChI is InChI=1S/C13H19N5S/c1-8-6-10-11(18(2)7-9-4-3-5-9)15-13(17-14)16-12(10)19-8/h6,9H,3-5,7,14H2,1-2H3,(H,15,16,17). The summed E-state index contributed by atoms with van der Waals surface area (Å²) in [5.74, 6) is 7.75. The number of nitrogens with zero attached hydrogens (tertiary/aromatic N) is 3. The smallest absolute Gasteiger partial charge is 0.240 e. The first kappa shape index (κ1) is 12.6. The molecular weight excluding hydrogens is 258 g/mol. The lowest BCUT2D eigenvalue weighted by Crippen LogP contribution is -2.30. The molecule has 2 aromatic heterocycles. The normalized spacial score (nSPS) is 15.5. The van der Waals surface area contributed by atoms with E-state index in [-0.39, 0.29) is 0 Å². The van der Waals surface area contributed by atoms with E-state index in [1.54, 1.807) is 11.3 Å². The van der Waals surface area contributed by atoms with Gasteiger partial charge in [-0.1, -0.05) is 6.42 Å². The lowest BCUT2D eigenvalue weighted by molar-refractivity contribution is 0.321. The molecule has 6 heteroatoms. The first-order valence-electron chi connectivity index (χ1n) is 6.63. The minimum absolute atomic E-state index is 0.491. The summed E-state index contributed by atoms with van der Waals surface area (Å²) >= 11 is 1.68. The third-order valence-corrected chi connectivity index (χ3v) is 4.69. The predicted molar refractivity (Wildman–Crippen MR) is 80.6 cm³/mol. The zero-order valence-electron chi connectivity index (χ0n) is 11.3. The molecule has 0 aliphatic heterocycles. The molecule has 0 saturated heterocycles. The number of rotatable bonds is 4. The van der Waals surface area contributed by atoms with E-state index in [0.29, 0.717) is 5.95 Å². The first-order chi connectivity index (χ1) is 9.17. The fraction of sp³-hybridized carbons (Fsp3) is 0.538. The highest BCUT2D eigenvalue weighted by Gasteiger charge is 2.21. The number of aryl methyl sites for hydroxylation is 1. The zero-order chi connectivity index (χ0) is 13.4. The Labute approximate surface area is 116 Å². The van der Waals surface area contributed by atoms with Crippen LogP contribution >= 0.6 is 11.3 Å². The fourth-order valence-electron chi connectivity index (χ4n) is 2.53. The lowest BCUT2D eigenvalue weighted by atomic mass is 9.85. The molecule has 1 aliphatic carbocycles. The summed E-state index contributed by atoms with van der Waals surface area (Å²) < 4.78 is 0. The second-order valence-corrected chi connectivity index (χ2v) is 6.50. The van der Waals surface area contributed by atoms with Crippen molar-refractivity contribution in [1.29, 1.82) is 0 Å². The van der Waals surface area contributed by atoms with Gasteiger partial charge in [0.25, 0.3) is 0 Å². The minimum atomic E-state index is 0.491. The van der Waals surface area contributed by atoms with Gasteiger partial charge in [0.15, 0.2) is 0 Å². The average molecular weight is 277 g/mol. The molecule has 3 rings (SSSR count). The van der Waals surface area contributed by atoms with Gasteiger partial charge in [0.2, 0.25) is 5.95 Å². The largest absolute Gasteiger partial charge is 0.359 e. The summed E-state index contributed by atoms with van der Waals surface area (Å²) in [6, 6.07) is 2.16. The molecule has 0 unspecified atom stereocenters. The molecule has 0 amide bonds. The van der Waals surface area contributed by atoms with Crippen molar-refractivity contribution >= 4 is 33.3 Å². The molecule has 1 fully saturated rings. The Kier molecular flexibility index (Phi) is 3.28. The van der Waals surface area contributed by atoms with Gasteiger partial charge in [-0.2, -0.15) is 4.98 Å². The highest BCUT2D eigenvalue weighted by molar-refractivity contribution is 7.18. The maximum absolute atomic E-state index is 5.47. The third-order valence-electron chi connectivity index (χ3n) is 3.74. The van der Waals surface area contributed by atoms with Crippen LogP contribution in [0.3, 0.4) is 0 Å². The summed E-state index contributed by atoms with van der Waals surface area (Å²) in [4.78, 5) is 13.4. The van der Waals surface area contributed by atoms with E-state index in [0.717, 1.165) is 28.5 Å². The molecule has 1 saturated carbocycles. The van der Waals surface area contributed by atoms with Crippen molar-refractivity contribution in [2.75, 3.05) is 23.9 Å². The molecule has 102 valence electrons. The molecule has 3 N–H and O–H groups in total. The fourth-order valence-corrected chi connectivity index (χ4v) is 3.41. The predicted octanol–water partition coefficient (Wildman–Crippen LogP) is 2.52. The SMILES string of the molecule is Cc1cc2c(N(C)CC3CCC3)nc(NN)nc2s1. The van der Waals surface area contributed by atoms with Gasteiger partial charge >= 0.3 is 0 Å². The number of hydrazine groups is 1. The Morgan fingerprint density at radius 3 is 2.89 bits per heavy atom. The van der Waals surface area contributed by atoms with E-state index < -0.39 is 0 Å². The van der Waals surface area contributed by atoms with Crippen LogP contribution in [0.4, 0.5) is 11.8 Å². The van der Waals surface area contributed by atoms with Crippen LogP contribution < -0.4 is 16.2 Å². The monoisotopic (exact) mass is 277 g/mol. The van der Waals surface area contributed by atoms with Crippen molar-refractivity contribution in [3.8, 4) is 0 Å². The minimum Gasteiger partial charge on any atom is -0.359 e. The number of nitrogens with one attached hydrogen (secondary N) is 1. The van der Waals surface area contributed by atoms with Gasteiger partial charge in [-0.3, -0.25) is 5.43 Å². The van der Waals surface area contributed by atoms with E-state index in [2.05, 4.69) is 40.3 Å². The van der Waals surface area contributed by atoms with Crippen LogP contribution in [0.2, 0.25) is 0 Å². The number of hydrogen-bond acceptors (Lipinski definition) is 6. The molecule has 0 aromatic carbocycles. The number of fused-ring (bicyclic) bond motifs is 1. The van der Waals surface area contributed by atoms with Gasteiger partial charge in [0.1, 0.15) is 10.6 Å². The number of hydrogen-bond donors (Lipinski definition) is 2. The van der Waals surface area contributed by atoms with Gasteiger partial charge < -0.3 is 4.90 Å². The maximum atomic E-state index is 5.47. The topological polar surface area (TPSA) is 67.1 Å². The van der Waals surface area contributed by atoms with Gasteiger partial charge in [-0.15, -0.1) is 11.3 Å². The first-order valence-corrected chi connectivity index (χ1v) is 7.45. The lowest BCUT2D eigenvalue weighted by Gasteiger charge is -2.31. The second kappa shape index (κ2) is 4.94. The van der Waals surface area contributed by atoms with Crippen LogP contribution in [0.1, 0.15) is 24.1 Å². The van der Waals surface area contributed by atoms with Gasteiger partial charge in [0.05, 0.1) is 5.39 Å². The van der Waals surface area contributed by atoms with Crippen molar-refractivity contribution < 1.29 is 0 Å². The molecule has 2 heterocycles. The van der Waals surface area contributed by atoms with Crippen LogP contribution in [-0.4, -0.2) is 23.6 Å². The Morgan fingerprint density at radius 1 is 1.47 bits per heavy atom. The molecule has 19 heavy (non-hydrogen) atoms. The van der Waals surface area contributed by atoms with Crippen LogP contribution in [0.15, 0.2) is 6.07 Å². The number of nitrogen functional groups attached to an aromatic ring is 1. The van der Waals surface area contributed by atoms with Crippen molar-refractivity contribution in [1.82, 2.24) is 9.97 Å². The summed E-state index contributed by atoms with van der Waals surface area (Å²) in [6.45, 7) is 3.16. The van der Waals surface area contributed by atoms with E-state index in [9.17, 15) is 0 Å². The van der Waals surface area contributed by atoms with Gasteiger partial charge in [-0.25, -0.2) is 10.8 Å². The third kappa shape index (κ3) is 2.37. The molecule has 1 aliphatic rings. The van der Waals surface area contributed by atoms with Crippen LogP contribution in [0.25, 0.3) is 10.2 Å². The number of nitrogens with two attached hydrogens (primary N) is 1. The van der Waals surface area contributed by atoms with Crippen molar-refractivity contribution in [3.05, 3.63) is 10.9 Å². The summed E-state index contributed by atoms with van der Waals surface area (Å²) in [6.07, 6.45) is 4.04. The van der Waals surface area contributed by atoms with Crippen molar-refractivity contribution in [2.24, 2.45) is 11.8 Å². The highest BCUT2D eigenvalue weighted by Crippen LogP contribution is 2.33. The number of anilines is 2.